The number of rotatable bonds is 9. The first-order valence-electron chi connectivity index (χ1n) is 6.46. The fraction of sp³-hybridized carbons (Fsp3) is 0.467. The maximum Gasteiger partial charge on any atom is 0.115 e. The van der Waals surface area contributed by atoms with Crippen LogP contribution in [-0.4, -0.2) is 24.3 Å². The maximum absolute atomic E-state index is 9.19. The van der Waals surface area contributed by atoms with E-state index in [0.717, 1.165) is 32.4 Å². The fourth-order valence-electron chi connectivity index (χ4n) is 1.74. The van der Waals surface area contributed by atoms with Crippen molar-refractivity contribution >= 4 is 0 Å². The molecule has 3 nitrogen and oxygen atoms in total. The molecule has 0 heterocycles. The number of ether oxygens (including phenoxy) is 1. The molecule has 0 aromatic heterocycles. The van der Waals surface area contributed by atoms with Crippen LogP contribution in [0.4, 0.5) is 0 Å². The highest BCUT2D eigenvalue weighted by Gasteiger charge is 2.01. The molecule has 1 unspecified atom stereocenters. The van der Waals surface area contributed by atoms with Crippen molar-refractivity contribution in [1.29, 1.82) is 0 Å². The van der Waals surface area contributed by atoms with E-state index in [0.29, 0.717) is 11.8 Å². The summed E-state index contributed by atoms with van der Waals surface area (Å²) in [6.45, 7) is 7.38. The van der Waals surface area contributed by atoms with E-state index in [9.17, 15) is 5.11 Å². The van der Waals surface area contributed by atoms with Gasteiger partial charge in [0.05, 0.1) is 12.9 Å². The van der Waals surface area contributed by atoms with E-state index in [-0.39, 0.29) is 0 Å². The van der Waals surface area contributed by atoms with Crippen LogP contribution in [0.5, 0.6) is 5.75 Å². The molecule has 0 spiro atoms. The van der Waals surface area contributed by atoms with Gasteiger partial charge in [-0.2, -0.15) is 0 Å². The van der Waals surface area contributed by atoms with E-state index in [1.54, 1.807) is 12.1 Å². The van der Waals surface area contributed by atoms with Crippen molar-refractivity contribution in [3.63, 3.8) is 0 Å². The normalized spacial score (nSPS) is 12.1. The van der Waals surface area contributed by atoms with Crippen molar-refractivity contribution in [2.45, 2.75) is 32.2 Å². The van der Waals surface area contributed by atoms with E-state index < -0.39 is 0 Å². The van der Waals surface area contributed by atoms with Gasteiger partial charge in [0.25, 0.3) is 0 Å². The molecule has 0 aliphatic heterocycles. The van der Waals surface area contributed by atoms with Gasteiger partial charge in [0, 0.05) is 6.04 Å². The lowest BCUT2D eigenvalue weighted by Crippen LogP contribution is -2.28. The minimum Gasteiger partial charge on any atom is -0.508 e. The van der Waals surface area contributed by atoms with E-state index in [2.05, 4.69) is 18.8 Å². The largest absolute Gasteiger partial charge is 0.508 e. The first-order valence-corrected chi connectivity index (χ1v) is 6.46. The summed E-state index contributed by atoms with van der Waals surface area (Å²) in [6, 6.07) is 7.91. The summed E-state index contributed by atoms with van der Waals surface area (Å²) in [6.07, 6.45) is 4.59. The molecule has 0 aliphatic carbocycles. The summed E-state index contributed by atoms with van der Waals surface area (Å²) >= 11 is 0. The van der Waals surface area contributed by atoms with Crippen LogP contribution < -0.4 is 5.32 Å². The van der Waals surface area contributed by atoms with Crippen molar-refractivity contribution in [2.75, 3.05) is 13.2 Å². The van der Waals surface area contributed by atoms with Crippen LogP contribution in [-0.2, 0) is 11.2 Å². The standard InChI is InChI=1S/C15H23NO2/c1-3-18-12-4-11-16-13(2)5-6-14-7-9-15(17)10-8-14/h3,7-10,13,16-17H,1,4-6,11-12H2,2H3. The zero-order chi connectivity index (χ0) is 13.2. The molecule has 1 rings (SSSR count). The lowest BCUT2D eigenvalue weighted by molar-refractivity contribution is 0.243. The molecule has 0 saturated heterocycles. The molecule has 0 bridgehead atoms. The zero-order valence-electron chi connectivity index (χ0n) is 11.1. The Morgan fingerprint density at radius 1 is 1.39 bits per heavy atom. The van der Waals surface area contributed by atoms with Crippen LogP contribution in [0.3, 0.4) is 0 Å². The molecule has 18 heavy (non-hydrogen) atoms. The van der Waals surface area contributed by atoms with Gasteiger partial charge in [-0.1, -0.05) is 18.7 Å². The average Bonchev–Trinajstić information content (AvgIpc) is 2.38. The Bertz CT molecular complexity index is 335. The van der Waals surface area contributed by atoms with Crippen LogP contribution >= 0.6 is 0 Å². The number of aromatic hydroxyl groups is 1. The van der Waals surface area contributed by atoms with Crippen molar-refractivity contribution < 1.29 is 9.84 Å². The van der Waals surface area contributed by atoms with Gasteiger partial charge in [0.15, 0.2) is 0 Å². The highest BCUT2D eigenvalue weighted by Crippen LogP contribution is 2.11. The highest BCUT2D eigenvalue weighted by molar-refractivity contribution is 5.25. The first-order chi connectivity index (χ1) is 8.72. The second kappa shape index (κ2) is 8.59. The number of benzene rings is 1. The first kappa shape index (κ1) is 14.6. The highest BCUT2D eigenvalue weighted by atomic mass is 16.5. The molecule has 0 fully saturated rings. The average molecular weight is 249 g/mol. The fourth-order valence-corrected chi connectivity index (χ4v) is 1.74. The van der Waals surface area contributed by atoms with E-state index in [4.69, 9.17) is 4.74 Å². The maximum atomic E-state index is 9.19. The number of phenolic OH excluding ortho intramolecular Hbond substituents is 1. The molecule has 1 aromatic rings. The van der Waals surface area contributed by atoms with Gasteiger partial charge in [-0.15, -0.1) is 0 Å². The van der Waals surface area contributed by atoms with Crippen LogP contribution in [0, 0.1) is 0 Å². The molecule has 0 radical (unpaired) electrons. The number of hydrogen-bond donors (Lipinski definition) is 2. The summed E-state index contributed by atoms with van der Waals surface area (Å²) < 4.78 is 5.06. The van der Waals surface area contributed by atoms with Crippen molar-refractivity contribution in [2.24, 2.45) is 0 Å². The lowest BCUT2D eigenvalue weighted by Gasteiger charge is -2.13. The molecule has 2 N–H and O–H groups in total. The Labute approximate surface area is 109 Å². The van der Waals surface area contributed by atoms with Crippen molar-refractivity contribution in [3.05, 3.63) is 42.7 Å². The predicted molar refractivity (Wildman–Crippen MR) is 74.7 cm³/mol. The quantitative estimate of drug-likeness (QED) is 0.522. The number of hydrogen-bond acceptors (Lipinski definition) is 3. The molecular weight excluding hydrogens is 226 g/mol. The summed E-state index contributed by atoms with van der Waals surface area (Å²) in [5, 5.41) is 12.6. The smallest absolute Gasteiger partial charge is 0.115 e. The third-order valence-electron chi connectivity index (χ3n) is 2.85. The number of phenols is 1. The second-order valence-electron chi connectivity index (χ2n) is 4.45. The van der Waals surface area contributed by atoms with E-state index >= 15 is 0 Å². The van der Waals surface area contributed by atoms with Crippen LogP contribution in [0.1, 0.15) is 25.3 Å². The number of aryl methyl sites for hydroxylation is 1. The van der Waals surface area contributed by atoms with Crippen LogP contribution in [0.15, 0.2) is 37.1 Å². The van der Waals surface area contributed by atoms with Crippen LogP contribution in [0.25, 0.3) is 0 Å². The van der Waals surface area contributed by atoms with Crippen molar-refractivity contribution in [1.82, 2.24) is 5.32 Å². The summed E-state index contributed by atoms with van der Waals surface area (Å²) in [4.78, 5) is 0. The molecule has 0 amide bonds. The molecule has 0 saturated carbocycles. The van der Waals surface area contributed by atoms with Gasteiger partial charge in [0.1, 0.15) is 5.75 Å². The third kappa shape index (κ3) is 6.30. The summed E-state index contributed by atoms with van der Waals surface area (Å²) in [7, 11) is 0. The topological polar surface area (TPSA) is 41.5 Å². The minimum atomic E-state index is 0.326. The van der Waals surface area contributed by atoms with Crippen LogP contribution in [0.2, 0.25) is 0 Å². The van der Waals surface area contributed by atoms with Gasteiger partial charge in [0.2, 0.25) is 0 Å². The Hall–Kier alpha value is -1.48. The Morgan fingerprint density at radius 2 is 2.11 bits per heavy atom. The third-order valence-corrected chi connectivity index (χ3v) is 2.85. The molecule has 1 atom stereocenters. The second-order valence-corrected chi connectivity index (χ2v) is 4.45. The van der Waals surface area contributed by atoms with Gasteiger partial charge in [-0.25, -0.2) is 0 Å². The number of nitrogens with one attached hydrogen (secondary N) is 1. The van der Waals surface area contributed by atoms with E-state index in [1.807, 2.05) is 12.1 Å². The Kier molecular flexibility index (Phi) is 6.96. The van der Waals surface area contributed by atoms with E-state index in [1.165, 1.54) is 11.8 Å². The lowest BCUT2D eigenvalue weighted by atomic mass is 10.1. The molecule has 100 valence electrons. The molecule has 3 heteroatoms. The van der Waals surface area contributed by atoms with Gasteiger partial charge in [-0.05, 0) is 50.4 Å². The zero-order valence-corrected chi connectivity index (χ0v) is 11.1. The predicted octanol–water partition coefficient (Wildman–Crippen LogP) is 2.85. The van der Waals surface area contributed by atoms with Gasteiger partial charge < -0.3 is 15.2 Å². The Balaban J connectivity index is 2.11. The van der Waals surface area contributed by atoms with Gasteiger partial charge in [-0.3, -0.25) is 0 Å². The minimum absolute atomic E-state index is 0.326. The summed E-state index contributed by atoms with van der Waals surface area (Å²) in [5.41, 5.74) is 1.26. The molecular formula is C15H23NO2. The van der Waals surface area contributed by atoms with Gasteiger partial charge >= 0.3 is 0 Å². The SMILES string of the molecule is C=COCCCNC(C)CCc1ccc(O)cc1. The molecule has 0 aliphatic rings. The Morgan fingerprint density at radius 3 is 2.78 bits per heavy atom. The monoisotopic (exact) mass is 249 g/mol. The molecule has 1 aromatic carbocycles. The van der Waals surface area contributed by atoms with Crippen molar-refractivity contribution in [3.8, 4) is 5.75 Å². The summed E-state index contributed by atoms with van der Waals surface area (Å²) in [5.74, 6) is 0.326.